The zero-order chi connectivity index (χ0) is 28.1. The van der Waals surface area contributed by atoms with E-state index in [1.54, 1.807) is 21.3 Å². The van der Waals surface area contributed by atoms with E-state index in [0.29, 0.717) is 17.4 Å². The summed E-state index contributed by atoms with van der Waals surface area (Å²) in [6.07, 6.45) is 11.8. The number of hydrogen-bond acceptors (Lipinski definition) is 7. The van der Waals surface area contributed by atoms with E-state index in [-0.39, 0.29) is 0 Å². The van der Waals surface area contributed by atoms with Gasteiger partial charge in [0.1, 0.15) is 17.4 Å². The molecule has 4 rings (SSSR count). The first-order valence-electron chi connectivity index (χ1n) is 14.0. The van der Waals surface area contributed by atoms with Crippen molar-refractivity contribution in [2.75, 3.05) is 52.4 Å². The standard InChI is InChI=1S/C26H34N4O3.C3H8.C2H6/c1-6-8-9-21(22(7-2)31-3)29-12-14-30(15-13-29)26-19-16-23(32-4)24(33-5)17-20(19)27-25(28-26)18-10-11-18;1-3-2;1-2/h6-9,16-18H,10-15H2,1-5H3;3H2,1-2H3;1-2H3/b8-6-,21-9+,22-7+;;. The van der Waals surface area contributed by atoms with Crippen molar-refractivity contribution in [1.29, 1.82) is 0 Å². The Morgan fingerprint density at radius 2 is 1.55 bits per heavy atom. The fraction of sp³-hybridized carbons (Fsp3) is 0.548. The van der Waals surface area contributed by atoms with Crippen molar-refractivity contribution < 1.29 is 14.2 Å². The molecule has 1 aliphatic carbocycles. The Morgan fingerprint density at radius 1 is 0.947 bits per heavy atom. The number of ether oxygens (including phenoxy) is 3. The minimum Gasteiger partial charge on any atom is -0.495 e. The van der Waals surface area contributed by atoms with Crippen molar-refractivity contribution in [3.8, 4) is 11.5 Å². The molecule has 0 unspecified atom stereocenters. The molecular formula is C31H48N4O3. The van der Waals surface area contributed by atoms with Gasteiger partial charge in [-0.15, -0.1) is 0 Å². The summed E-state index contributed by atoms with van der Waals surface area (Å²) in [5, 5.41) is 1.00. The van der Waals surface area contributed by atoms with Gasteiger partial charge in [0.2, 0.25) is 0 Å². The molecular weight excluding hydrogens is 476 g/mol. The number of aromatic nitrogens is 2. The predicted octanol–water partition coefficient (Wildman–Crippen LogP) is 7.10. The van der Waals surface area contributed by atoms with Crippen LogP contribution in [0.15, 0.2) is 47.9 Å². The first-order valence-corrected chi connectivity index (χ1v) is 14.0. The number of rotatable bonds is 8. The van der Waals surface area contributed by atoms with Crippen molar-refractivity contribution in [3.05, 3.63) is 53.7 Å². The molecule has 1 aromatic carbocycles. The van der Waals surface area contributed by atoms with E-state index >= 15 is 0 Å². The van der Waals surface area contributed by atoms with Crippen LogP contribution in [0.4, 0.5) is 5.82 Å². The number of fused-ring (bicyclic) bond motifs is 1. The van der Waals surface area contributed by atoms with Crippen LogP contribution in [-0.4, -0.2) is 62.4 Å². The second-order valence-electron chi connectivity index (χ2n) is 9.02. The average Bonchev–Trinajstić information content (AvgIpc) is 3.81. The molecule has 210 valence electrons. The Bertz CT molecular complexity index is 1100. The maximum atomic E-state index is 5.63. The highest BCUT2D eigenvalue weighted by Crippen LogP contribution is 2.42. The summed E-state index contributed by atoms with van der Waals surface area (Å²) in [5.74, 6) is 4.68. The maximum absolute atomic E-state index is 5.63. The van der Waals surface area contributed by atoms with Crippen LogP contribution in [-0.2, 0) is 4.74 Å². The van der Waals surface area contributed by atoms with Crippen LogP contribution >= 0.6 is 0 Å². The molecule has 2 aromatic rings. The highest BCUT2D eigenvalue weighted by molar-refractivity contribution is 5.92. The Morgan fingerprint density at radius 3 is 2.05 bits per heavy atom. The lowest BCUT2D eigenvalue weighted by molar-refractivity contribution is 0.247. The summed E-state index contributed by atoms with van der Waals surface area (Å²) in [5.41, 5.74) is 2.02. The van der Waals surface area contributed by atoms with E-state index < -0.39 is 0 Å². The molecule has 2 fully saturated rings. The van der Waals surface area contributed by atoms with E-state index in [1.165, 1.54) is 6.42 Å². The lowest BCUT2D eigenvalue weighted by atomic mass is 10.1. The fourth-order valence-electron chi connectivity index (χ4n) is 4.28. The van der Waals surface area contributed by atoms with Gasteiger partial charge in [0.15, 0.2) is 11.5 Å². The zero-order valence-corrected chi connectivity index (χ0v) is 25.0. The molecule has 38 heavy (non-hydrogen) atoms. The van der Waals surface area contributed by atoms with Gasteiger partial charge in [-0.25, -0.2) is 9.97 Å². The van der Waals surface area contributed by atoms with Crippen LogP contribution in [0.25, 0.3) is 10.9 Å². The molecule has 0 N–H and O–H groups in total. The second kappa shape index (κ2) is 15.9. The Kier molecular flexibility index (Phi) is 13.0. The fourth-order valence-corrected chi connectivity index (χ4v) is 4.28. The van der Waals surface area contributed by atoms with E-state index in [4.69, 9.17) is 24.2 Å². The van der Waals surface area contributed by atoms with Gasteiger partial charge >= 0.3 is 0 Å². The zero-order valence-electron chi connectivity index (χ0n) is 25.0. The molecule has 7 heteroatoms. The van der Waals surface area contributed by atoms with Crippen LogP contribution < -0.4 is 14.4 Å². The van der Waals surface area contributed by atoms with Crippen LogP contribution in [0.5, 0.6) is 11.5 Å². The SMILES string of the molecule is CC.CCC.C\C=C/C=C(\C(=C/C)OC)N1CCN(c2nc(C3CC3)nc3cc(OC)c(OC)cc23)CC1. The molecule has 0 radical (unpaired) electrons. The summed E-state index contributed by atoms with van der Waals surface area (Å²) in [7, 11) is 5.04. The highest BCUT2D eigenvalue weighted by atomic mass is 16.5. The molecule has 7 nitrogen and oxygen atoms in total. The monoisotopic (exact) mass is 524 g/mol. The van der Waals surface area contributed by atoms with Gasteiger partial charge in [-0.3, -0.25) is 0 Å². The van der Waals surface area contributed by atoms with E-state index in [1.807, 2.05) is 52.0 Å². The number of hydrogen-bond donors (Lipinski definition) is 0. The second-order valence-corrected chi connectivity index (χ2v) is 9.02. The van der Waals surface area contributed by atoms with E-state index in [0.717, 1.165) is 73.0 Å². The lowest BCUT2D eigenvalue weighted by Crippen LogP contribution is -2.46. The Labute approximate surface area is 230 Å². The van der Waals surface area contributed by atoms with Crippen molar-refractivity contribution in [3.63, 3.8) is 0 Å². The molecule has 1 aromatic heterocycles. The minimum absolute atomic E-state index is 0.469. The third-order valence-electron chi connectivity index (χ3n) is 6.24. The number of nitrogens with zero attached hydrogens (tertiary/aromatic N) is 4. The number of anilines is 1. The first kappa shape index (κ1) is 31.0. The van der Waals surface area contributed by atoms with Crippen LogP contribution in [0.3, 0.4) is 0 Å². The highest BCUT2D eigenvalue weighted by Gasteiger charge is 2.30. The average molecular weight is 525 g/mol. The largest absolute Gasteiger partial charge is 0.495 e. The molecule has 1 saturated carbocycles. The van der Waals surface area contributed by atoms with Gasteiger partial charge < -0.3 is 24.0 Å². The lowest BCUT2D eigenvalue weighted by Gasteiger charge is -2.38. The van der Waals surface area contributed by atoms with Gasteiger partial charge in [0.05, 0.1) is 32.5 Å². The number of piperazine rings is 1. The molecule has 2 heterocycles. The minimum atomic E-state index is 0.469. The maximum Gasteiger partial charge on any atom is 0.162 e. The van der Waals surface area contributed by atoms with E-state index in [2.05, 4.69) is 35.8 Å². The van der Waals surface area contributed by atoms with Crippen molar-refractivity contribution in [2.24, 2.45) is 0 Å². The van der Waals surface area contributed by atoms with Gasteiger partial charge in [-0.2, -0.15) is 0 Å². The smallest absolute Gasteiger partial charge is 0.162 e. The van der Waals surface area contributed by atoms with Crippen LogP contribution in [0.1, 0.15) is 72.5 Å². The normalized spacial score (nSPS) is 16.0. The van der Waals surface area contributed by atoms with Gasteiger partial charge in [0, 0.05) is 43.5 Å². The molecule has 0 spiro atoms. The van der Waals surface area contributed by atoms with Gasteiger partial charge in [-0.05, 0) is 44.9 Å². The van der Waals surface area contributed by atoms with Gasteiger partial charge in [-0.1, -0.05) is 46.3 Å². The number of benzene rings is 1. The summed E-state index contributed by atoms with van der Waals surface area (Å²) in [6, 6.07) is 3.98. The third kappa shape index (κ3) is 7.65. The van der Waals surface area contributed by atoms with Crippen molar-refractivity contribution in [1.82, 2.24) is 14.9 Å². The number of allylic oxidation sites excluding steroid dienone is 4. The summed E-state index contributed by atoms with van der Waals surface area (Å²) < 4.78 is 16.7. The first-order chi connectivity index (χ1) is 18.5. The molecule has 1 saturated heterocycles. The molecule has 2 aliphatic rings. The predicted molar refractivity (Wildman–Crippen MR) is 159 cm³/mol. The molecule has 0 bridgehead atoms. The summed E-state index contributed by atoms with van der Waals surface area (Å²) >= 11 is 0. The quantitative estimate of drug-likeness (QED) is 0.270. The van der Waals surface area contributed by atoms with Crippen LogP contribution in [0, 0.1) is 0 Å². The van der Waals surface area contributed by atoms with Gasteiger partial charge in [0.25, 0.3) is 0 Å². The third-order valence-corrected chi connectivity index (χ3v) is 6.24. The van der Waals surface area contributed by atoms with E-state index in [9.17, 15) is 0 Å². The summed E-state index contributed by atoms with van der Waals surface area (Å²) in [6.45, 7) is 15.8. The Balaban J connectivity index is 0.000000947. The van der Waals surface area contributed by atoms with Crippen molar-refractivity contribution in [2.45, 2.75) is 66.7 Å². The summed E-state index contributed by atoms with van der Waals surface area (Å²) in [4.78, 5) is 14.7. The van der Waals surface area contributed by atoms with Crippen LogP contribution in [0.2, 0.25) is 0 Å². The van der Waals surface area contributed by atoms with Crippen molar-refractivity contribution >= 4 is 16.7 Å². The topological polar surface area (TPSA) is 60.0 Å². The molecule has 0 amide bonds. The Hall–Kier alpha value is -3.22. The molecule has 1 aliphatic heterocycles. The molecule has 0 atom stereocenters. The number of methoxy groups -OCH3 is 3.